The van der Waals surface area contributed by atoms with Crippen LogP contribution in [0.5, 0.6) is 0 Å². The second-order valence-corrected chi connectivity index (χ2v) is 8.49. The maximum Gasteiger partial charge on any atom is 0.255 e. The van der Waals surface area contributed by atoms with Crippen LogP contribution >= 0.6 is 11.6 Å². The van der Waals surface area contributed by atoms with Crippen LogP contribution in [0.2, 0.25) is 5.02 Å². The number of pyridine rings is 1. The van der Waals surface area contributed by atoms with E-state index in [1.165, 1.54) is 6.07 Å². The first-order valence-electron chi connectivity index (χ1n) is 9.38. The Balaban J connectivity index is 1.75. The number of carbonyl (C=O) groups is 1. The van der Waals surface area contributed by atoms with Crippen molar-refractivity contribution in [1.82, 2.24) is 14.5 Å². The molecule has 0 spiro atoms. The van der Waals surface area contributed by atoms with Crippen LogP contribution in [0.4, 0.5) is 5.95 Å². The summed E-state index contributed by atoms with van der Waals surface area (Å²) in [5, 5.41) is 0.518. The third kappa shape index (κ3) is 4.07. The number of ketones is 1. The lowest BCUT2D eigenvalue weighted by Gasteiger charge is -2.40. The van der Waals surface area contributed by atoms with E-state index in [1.54, 1.807) is 41.2 Å². The van der Waals surface area contributed by atoms with Crippen molar-refractivity contribution in [3.8, 4) is 11.3 Å². The zero-order valence-corrected chi connectivity index (χ0v) is 17.1. The van der Waals surface area contributed by atoms with Crippen LogP contribution in [-0.4, -0.2) is 33.4 Å². The molecule has 0 N–H and O–H groups in total. The molecule has 0 bridgehead atoms. The number of anilines is 1. The number of aromatic nitrogens is 3. The minimum absolute atomic E-state index is 0.0692. The van der Waals surface area contributed by atoms with E-state index in [0.29, 0.717) is 35.3 Å². The summed E-state index contributed by atoms with van der Waals surface area (Å²) in [5.74, 6) is 0.444. The summed E-state index contributed by atoms with van der Waals surface area (Å²) in [4.78, 5) is 36.4. The highest BCUT2D eigenvalue weighted by Crippen LogP contribution is 2.30. The molecule has 0 amide bonds. The smallest absolute Gasteiger partial charge is 0.255 e. The molecular formula is C22H21ClN4O2. The molecule has 6 nitrogen and oxygen atoms in total. The van der Waals surface area contributed by atoms with Crippen LogP contribution < -0.4 is 10.5 Å². The van der Waals surface area contributed by atoms with Gasteiger partial charge in [0.1, 0.15) is 0 Å². The molecule has 0 radical (unpaired) electrons. The Labute approximate surface area is 173 Å². The lowest BCUT2D eigenvalue weighted by Crippen LogP contribution is -2.49. The first-order valence-corrected chi connectivity index (χ1v) is 9.76. The third-order valence-electron chi connectivity index (χ3n) is 4.93. The van der Waals surface area contributed by atoms with Gasteiger partial charge in [0.05, 0.1) is 12.2 Å². The van der Waals surface area contributed by atoms with Gasteiger partial charge in [0, 0.05) is 53.1 Å². The zero-order valence-electron chi connectivity index (χ0n) is 16.3. The maximum absolute atomic E-state index is 12.9. The second-order valence-electron chi connectivity index (χ2n) is 8.06. The summed E-state index contributed by atoms with van der Waals surface area (Å²) >= 11 is 6.04. The predicted molar refractivity (Wildman–Crippen MR) is 114 cm³/mol. The molecule has 0 saturated heterocycles. The summed E-state index contributed by atoms with van der Waals surface area (Å²) < 4.78 is 1.65. The van der Waals surface area contributed by atoms with E-state index in [4.69, 9.17) is 16.6 Å². The number of hydrogen-bond donors (Lipinski definition) is 0. The fraction of sp³-hybridized carbons (Fsp3) is 0.273. The van der Waals surface area contributed by atoms with Crippen molar-refractivity contribution in [1.29, 1.82) is 0 Å². The lowest BCUT2D eigenvalue weighted by molar-refractivity contribution is 0.0993. The highest BCUT2D eigenvalue weighted by atomic mass is 35.5. The predicted octanol–water partition coefficient (Wildman–Crippen LogP) is 3.69. The molecule has 2 aromatic heterocycles. The molecule has 0 aliphatic carbocycles. The molecule has 148 valence electrons. The topological polar surface area (TPSA) is 68.1 Å². The van der Waals surface area contributed by atoms with Crippen molar-refractivity contribution in [2.75, 3.05) is 18.0 Å². The molecule has 0 atom stereocenters. The van der Waals surface area contributed by atoms with Crippen LogP contribution in [0.3, 0.4) is 0 Å². The Kier molecular flexibility index (Phi) is 4.96. The van der Waals surface area contributed by atoms with E-state index >= 15 is 0 Å². The normalized spacial score (nSPS) is 15.1. The van der Waals surface area contributed by atoms with Crippen molar-refractivity contribution >= 4 is 23.3 Å². The number of rotatable bonds is 4. The van der Waals surface area contributed by atoms with Crippen LogP contribution in [0.15, 0.2) is 59.7 Å². The Morgan fingerprint density at radius 1 is 1.14 bits per heavy atom. The third-order valence-corrected chi connectivity index (χ3v) is 5.17. The fourth-order valence-electron chi connectivity index (χ4n) is 3.67. The minimum Gasteiger partial charge on any atom is -0.334 e. The summed E-state index contributed by atoms with van der Waals surface area (Å²) in [6.07, 6.45) is 3.33. The highest BCUT2D eigenvalue weighted by Gasteiger charge is 2.33. The number of halogens is 1. The number of benzene rings is 1. The van der Waals surface area contributed by atoms with Gasteiger partial charge in [0.25, 0.3) is 5.56 Å². The quantitative estimate of drug-likeness (QED) is 0.616. The standard InChI is InChI=1S/C22H21ClN4O2/c1-22(2)13-26(12-19(28)16-4-3-5-17(23)10-16)21-25-18(11-20(29)27(21)14-22)15-6-8-24-9-7-15/h3-11H,12-14H2,1-2H3. The molecule has 1 aromatic carbocycles. The summed E-state index contributed by atoms with van der Waals surface area (Å²) in [7, 11) is 0. The molecule has 29 heavy (non-hydrogen) atoms. The van der Waals surface area contributed by atoms with Gasteiger partial charge >= 0.3 is 0 Å². The number of carbonyl (C=O) groups excluding carboxylic acids is 1. The number of nitrogens with zero attached hydrogens (tertiary/aromatic N) is 4. The van der Waals surface area contributed by atoms with Gasteiger partial charge < -0.3 is 4.90 Å². The molecule has 4 rings (SSSR count). The molecule has 0 saturated carbocycles. The van der Waals surface area contributed by atoms with Crippen molar-refractivity contribution in [3.05, 3.63) is 75.8 Å². The van der Waals surface area contributed by atoms with Gasteiger partial charge in [0.15, 0.2) is 5.78 Å². The van der Waals surface area contributed by atoms with Crippen molar-refractivity contribution in [2.45, 2.75) is 20.4 Å². The van der Waals surface area contributed by atoms with Gasteiger partial charge in [-0.2, -0.15) is 0 Å². The molecule has 1 aliphatic heterocycles. The zero-order chi connectivity index (χ0) is 20.6. The maximum atomic E-state index is 12.9. The van der Waals surface area contributed by atoms with E-state index in [1.807, 2.05) is 17.0 Å². The summed E-state index contributed by atoms with van der Waals surface area (Å²) in [5.41, 5.74) is 1.62. The molecule has 3 heterocycles. The Morgan fingerprint density at radius 2 is 1.90 bits per heavy atom. The molecule has 7 heteroatoms. The SMILES string of the molecule is CC1(C)CN(CC(=O)c2cccc(Cl)c2)c2nc(-c3ccncc3)cc(=O)n2C1. The van der Waals surface area contributed by atoms with Crippen molar-refractivity contribution < 1.29 is 4.79 Å². The Hall–Kier alpha value is -2.99. The first kappa shape index (κ1) is 19.3. The van der Waals surface area contributed by atoms with Crippen molar-refractivity contribution in [3.63, 3.8) is 0 Å². The Morgan fingerprint density at radius 3 is 2.62 bits per heavy atom. The number of Topliss-reactive ketones (excluding diaryl/α,β-unsaturated/α-hetero) is 1. The molecule has 3 aromatic rings. The van der Waals surface area contributed by atoms with Gasteiger partial charge in [0.2, 0.25) is 5.95 Å². The first-order chi connectivity index (χ1) is 13.8. The lowest BCUT2D eigenvalue weighted by atomic mass is 9.90. The van der Waals surface area contributed by atoms with Gasteiger partial charge in [-0.25, -0.2) is 4.98 Å². The van der Waals surface area contributed by atoms with Crippen LogP contribution in [0.1, 0.15) is 24.2 Å². The highest BCUT2D eigenvalue weighted by molar-refractivity contribution is 6.31. The minimum atomic E-state index is -0.175. The van der Waals surface area contributed by atoms with Crippen LogP contribution in [0.25, 0.3) is 11.3 Å². The largest absolute Gasteiger partial charge is 0.334 e. The van der Waals surface area contributed by atoms with E-state index in [2.05, 4.69) is 18.8 Å². The monoisotopic (exact) mass is 408 g/mol. The van der Waals surface area contributed by atoms with E-state index in [-0.39, 0.29) is 23.3 Å². The second kappa shape index (κ2) is 7.44. The number of fused-ring (bicyclic) bond motifs is 1. The van der Waals surface area contributed by atoms with Gasteiger partial charge in [-0.3, -0.25) is 19.1 Å². The van der Waals surface area contributed by atoms with Gasteiger partial charge in [-0.1, -0.05) is 37.6 Å². The molecule has 0 unspecified atom stereocenters. The molecule has 1 aliphatic rings. The Bertz CT molecular complexity index is 1130. The number of hydrogen-bond acceptors (Lipinski definition) is 5. The van der Waals surface area contributed by atoms with E-state index in [9.17, 15) is 9.59 Å². The van der Waals surface area contributed by atoms with E-state index < -0.39 is 0 Å². The van der Waals surface area contributed by atoms with Crippen LogP contribution in [-0.2, 0) is 6.54 Å². The van der Waals surface area contributed by atoms with Crippen molar-refractivity contribution in [2.24, 2.45) is 5.41 Å². The fourth-order valence-corrected chi connectivity index (χ4v) is 3.86. The van der Waals surface area contributed by atoms with Gasteiger partial charge in [-0.05, 0) is 24.3 Å². The molecular weight excluding hydrogens is 388 g/mol. The summed E-state index contributed by atoms with van der Waals surface area (Å²) in [6.45, 7) is 5.44. The van der Waals surface area contributed by atoms with E-state index in [0.717, 1.165) is 5.56 Å². The average Bonchev–Trinajstić information content (AvgIpc) is 2.68. The van der Waals surface area contributed by atoms with Crippen LogP contribution in [0, 0.1) is 5.41 Å². The summed E-state index contributed by atoms with van der Waals surface area (Å²) in [6, 6.07) is 12.1. The average molecular weight is 409 g/mol. The molecule has 0 fully saturated rings. The van der Waals surface area contributed by atoms with Gasteiger partial charge in [-0.15, -0.1) is 0 Å².